The molecule has 1 aromatic heterocycles. The Morgan fingerprint density at radius 2 is 2.19 bits per heavy atom. The SMILES string of the molecule is C[C@@H](C(=O)O)[C@@](O)(Cn1cncn1)c1cc(F)ccc1F. The van der Waals surface area contributed by atoms with Crippen LogP contribution in [0, 0.1) is 17.6 Å². The lowest BCUT2D eigenvalue weighted by molar-refractivity contribution is -0.153. The van der Waals surface area contributed by atoms with Crippen molar-refractivity contribution < 1.29 is 23.8 Å². The van der Waals surface area contributed by atoms with Gasteiger partial charge in [0.1, 0.15) is 29.9 Å². The van der Waals surface area contributed by atoms with Gasteiger partial charge in [-0.3, -0.25) is 4.79 Å². The maximum absolute atomic E-state index is 14.0. The summed E-state index contributed by atoms with van der Waals surface area (Å²) in [5.41, 5.74) is -2.61. The number of aromatic nitrogens is 3. The number of nitrogens with zero attached hydrogens (tertiary/aromatic N) is 3. The van der Waals surface area contributed by atoms with E-state index in [2.05, 4.69) is 10.1 Å². The van der Waals surface area contributed by atoms with Crippen molar-refractivity contribution in [2.45, 2.75) is 19.1 Å². The number of aliphatic hydroxyl groups is 1. The summed E-state index contributed by atoms with van der Waals surface area (Å²) in [6.45, 7) is 0.838. The largest absolute Gasteiger partial charge is 0.481 e. The fourth-order valence-corrected chi connectivity index (χ4v) is 2.05. The van der Waals surface area contributed by atoms with E-state index in [9.17, 15) is 18.7 Å². The summed E-state index contributed by atoms with van der Waals surface area (Å²) in [6, 6.07) is 2.51. The third-order valence-corrected chi connectivity index (χ3v) is 3.35. The first-order chi connectivity index (χ1) is 9.84. The second-order valence-corrected chi connectivity index (χ2v) is 4.70. The van der Waals surface area contributed by atoms with E-state index in [1.807, 2.05) is 0 Å². The second kappa shape index (κ2) is 5.57. The molecular formula is C13H13F2N3O3. The van der Waals surface area contributed by atoms with Gasteiger partial charge in [-0.1, -0.05) is 0 Å². The van der Waals surface area contributed by atoms with Gasteiger partial charge in [-0.2, -0.15) is 5.10 Å². The maximum Gasteiger partial charge on any atom is 0.309 e. The molecule has 0 unspecified atom stereocenters. The molecule has 21 heavy (non-hydrogen) atoms. The lowest BCUT2D eigenvalue weighted by Crippen LogP contribution is -2.43. The minimum absolute atomic E-state index is 0.374. The zero-order chi connectivity index (χ0) is 15.6. The zero-order valence-corrected chi connectivity index (χ0v) is 11.1. The van der Waals surface area contributed by atoms with E-state index in [4.69, 9.17) is 5.11 Å². The molecule has 0 fully saturated rings. The van der Waals surface area contributed by atoms with Gasteiger partial charge in [0.05, 0.1) is 12.5 Å². The van der Waals surface area contributed by atoms with Crippen LogP contribution in [0.25, 0.3) is 0 Å². The van der Waals surface area contributed by atoms with E-state index >= 15 is 0 Å². The smallest absolute Gasteiger partial charge is 0.309 e. The highest BCUT2D eigenvalue weighted by atomic mass is 19.1. The Kier molecular flexibility index (Phi) is 3.99. The van der Waals surface area contributed by atoms with Gasteiger partial charge in [0.15, 0.2) is 0 Å². The Balaban J connectivity index is 2.54. The topological polar surface area (TPSA) is 88.2 Å². The number of aliphatic carboxylic acids is 1. The van der Waals surface area contributed by atoms with E-state index in [1.54, 1.807) is 0 Å². The number of rotatable bonds is 5. The van der Waals surface area contributed by atoms with Gasteiger partial charge in [-0.05, 0) is 25.1 Å². The lowest BCUT2D eigenvalue weighted by atomic mass is 9.81. The number of benzene rings is 1. The summed E-state index contributed by atoms with van der Waals surface area (Å²) in [5.74, 6) is -4.41. The molecule has 0 spiro atoms. The predicted octanol–water partition coefficient (Wildman–Crippen LogP) is 1.16. The van der Waals surface area contributed by atoms with Crippen LogP contribution in [0.15, 0.2) is 30.9 Å². The highest BCUT2D eigenvalue weighted by molar-refractivity contribution is 5.71. The minimum Gasteiger partial charge on any atom is -0.481 e. The molecular weight excluding hydrogens is 284 g/mol. The average molecular weight is 297 g/mol. The second-order valence-electron chi connectivity index (χ2n) is 4.70. The van der Waals surface area contributed by atoms with E-state index in [0.717, 1.165) is 22.9 Å². The maximum atomic E-state index is 14.0. The molecule has 0 aliphatic rings. The summed E-state index contributed by atoms with van der Waals surface area (Å²) in [6.07, 6.45) is 2.44. The van der Waals surface area contributed by atoms with E-state index < -0.39 is 34.7 Å². The molecule has 0 saturated heterocycles. The number of hydrogen-bond donors (Lipinski definition) is 2. The first kappa shape index (κ1) is 15.0. The Morgan fingerprint density at radius 1 is 1.48 bits per heavy atom. The van der Waals surface area contributed by atoms with Crippen molar-refractivity contribution in [1.82, 2.24) is 14.8 Å². The monoisotopic (exact) mass is 297 g/mol. The Bertz CT molecular complexity index is 648. The van der Waals surface area contributed by atoms with Crippen LogP contribution < -0.4 is 0 Å². The Morgan fingerprint density at radius 3 is 2.76 bits per heavy atom. The normalized spacial score (nSPS) is 15.4. The summed E-state index contributed by atoms with van der Waals surface area (Å²) < 4.78 is 28.5. The lowest BCUT2D eigenvalue weighted by Gasteiger charge is -2.32. The van der Waals surface area contributed by atoms with Crippen molar-refractivity contribution in [3.05, 3.63) is 48.1 Å². The molecule has 2 rings (SSSR count). The summed E-state index contributed by atoms with van der Waals surface area (Å²) in [4.78, 5) is 14.9. The van der Waals surface area contributed by atoms with Crippen LogP contribution in [0.5, 0.6) is 0 Å². The van der Waals surface area contributed by atoms with Gasteiger partial charge in [-0.25, -0.2) is 18.4 Å². The van der Waals surface area contributed by atoms with Crippen molar-refractivity contribution in [1.29, 1.82) is 0 Å². The van der Waals surface area contributed by atoms with Gasteiger partial charge < -0.3 is 10.2 Å². The average Bonchev–Trinajstić information content (AvgIpc) is 2.93. The number of carbonyl (C=O) groups is 1. The molecule has 112 valence electrons. The minimum atomic E-state index is -2.17. The van der Waals surface area contributed by atoms with Gasteiger partial charge >= 0.3 is 5.97 Å². The molecule has 0 radical (unpaired) electrons. The van der Waals surface area contributed by atoms with Crippen molar-refractivity contribution in [2.75, 3.05) is 0 Å². The van der Waals surface area contributed by atoms with Gasteiger partial charge in [0.2, 0.25) is 0 Å². The molecule has 2 atom stereocenters. The predicted molar refractivity (Wildman–Crippen MR) is 67.1 cm³/mol. The van der Waals surface area contributed by atoms with Crippen molar-refractivity contribution in [2.24, 2.45) is 5.92 Å². The van der Waals surface area contributed by atoms with Crippen molar-refractivity contribution >= 4 is 5.97 Å². The highest BCUT2D eigenvalue weighted by Gasteiger charge is 2.43. The van der Waals surface area contributed by atoms with Crippen LogP contribution in [0.4, 0.5) is 8.78 Å². The van der Waals surface area contributed by atoms with Crippen molar-refractivity contribution in [3.8, 4) is 0 Å². The molecule has 0 bridgehead atoms. The molecule has 0 aliphatic carbocycles. The molecule has 2 aromatic rings. The summed E-state index contributed by atoms with van der Waals surface area (Å²) in [7, 11) is 0. The van der Waals surface area contributed by atoms with Crippen LogP contribution in [0.1, 0.15) is 12.5 Å². The molecule has 0 aliphatic heterocycles. The first-order valence-electron chi connectivity index (χ1n) is 6.07. The number of halogens is 2. The molecule has 1 aromatic carbocycles. The third kappa shape index (κ3) is 2.89. The van der Waals surface area contributed by atoms with E-state index in [-0.39, 0.29) is 6.54 Å². The first-order valence-corrected chi connectivity index (χ1v) is 6.07. The van der Waals surface area contributed by atoms with Gasteiger partial charge in [0, 0.05) is 5.56 Å². The molecule has 2 N–H and O–H groups in total. The van der Waals surface area contributed by atoms with Gasteiger partial charge in [-0.15, -0.1) is 0 Å². The molecule has 0 amide bonds. The van der Waals surface area contributed by atoms with Crippen LogP contribution in [-0.2, 0) is 16.9 Å². The van der Waals surface area contributed by atoms with E-state index in [0.29, 0.717) is 0 Å². The number of hydrogen-bond acceptors (Lipinski definition) is 4. The molecule has 0 saturated carbocycles. The number of carboxylic acid groups (broad SMARTS) is 1. The van der Waals surface area contributed by atoms with Crippen LogP contribution >= 0.6 is 0 Å². The van der Waals surface area contributed by atoms with E-state index in [1.165, 1.54) is 19.6 Å². The van der Waals surface area contributed by atoms with Crippen LogP contribution in [0.3, 0.4) is 0 Å². The van der Waals surface area contributed by atoms with Crippen LogP contribution in [0.2, 0.25) is 0 Å². The standard InChI is InChI=1S/C13H13F2N3O3/c1-8(12(19)20)13(21,5-18-7-16-6-17-18)10-4-9(14)2-3-11(10)15/h2-4,6-8,21H,5H2,1H3,(H,19,20)/t8-,13-/m0/s1. The fraction of sp³-hybridized carbons (Fsp3) is 0.308. The molecule has 1 heterocycles. The quantitative estimate of drug-likeness (QED) is 0.864. The highest BCUT2D eigenvalue weighted by Crippen LogP contribution is 2.34. The number of carboxylic acids is 1. The Labute approximate surface area is 118 Å². The van der Waals surface area contributed by atoms with Crippen LogP contribution in [-0.4, -0.2) is 30.9 Å². The third-order valence-electron chi connectivity index (χ3n) is 3.35. The summed E-state index contributed by atoms with van der Waals surface area (Å²) in [5, 5.41) is 23.6. The summed E-state index contributed by atoms with van der Waals surface area (Å²) >= 11 is 0. The molecule has 6 nitrogen and oxygen atoms in total. The zero-order valence-electron chi connectivity index (χ0n) is 11.1. The fourth-order valence-electron chi connectivity index (χ4n) is 2.05. The van der Waals surface area contributed by atoms with Crippen molar-refractivity contribution in [3.63, 3.8) is 0 Å². The van der Waals surface area contributed by atoms with Gasteiger partial charge in [0.25, 0.3) is 0 Å². The Hall–Kier alpha value is -2.35. The molecule has 8 heteroatoms.